The highest BCUT2D eigenvalue weighted by atomic mass is 16.7. The van der Waals surface area contributed by atoms with Crippen molar-refractivity contribution in [1.82, 2.24) is 37.6 Å². The molecule has 0 aromatic heterocycles. The third-order valence-electron chi connectivity index (χ3n) is 7.46. The minimum absolute atomic E-state index is 0.0152. The van der Waals surface area contributed by atoms with Gasteiger partial charge < -0.3 is 15.4 Å². The van der Waals surface area contributed by atoms with Crippen molar-refractivity contribution in [2.24, 2.45) is 17.8 Å². The van der Waals surface area contributed by atoms with Gasteiger partial charge in [-0.25, -0.2) is 5.43 Å². The number of carbonyl (C=O) groups excluding carboxylic acids is 2. The van der Waals surface area contributed by atoms with Crippen molar-refractivity contribution in [1.29, 1.82) is 0 Å². The lowest BCUT2D eigenvalue weighted by Crippen LogP contribution is -2.64. The Kier molecular flexibility index (Phi) is 9.30. The van der Waals surface area contributed by atoms with E-state index in [9.17, 15) is 9.59 Å². The molecule has 4 aliphatic rings. The van der Waals surface area contributed by atoms with Gasteiger partial charge >= 0.3 is 0 Å². The summed E-state index contributed by atoms with van der Waals surface area (Å²) >= 11 is 0. The van der Waals surface area contributed by atoms with Crippen LogP contribution in [0.15, 0.2) is 0 Å². The van der Waals surface area contributed by atoms with E-state index in [0.717, 1.165) is 51.6 Å². The van der Waals surface area contributed by atoms with Crippen LogP contribution < -0.4 is 37.6 Å². The number of methoxy groups -OCH3 is 1. The molecule has 11 heteroatoms. The molecule has 0 spiro atoms. The third kappa shape index (κ3) is 6.84. The molecule has 0 radical (unpaired) electrons. The van der Waals surface area contributed by atoms with E-state index in [4.69, 9.17) is 9.57 Å². The standard InChI is InChI=1S/C22H41N7O4/c1-32-19-10-7-14(13-25-19)22-26-17(29-33-22)8-9-18(30)23-11-4-12-24-20-15-5-2-3-6-16(15)21(31)28-27-20/h14-17,19-20,22,24-27,29H,2-13H2,1H3,(H,23,30)(H,28,31). The Morgan fingerprint density at radius 3 is 2.88 bits per heavy atom. The predicted molar refractivity (Wildman–Crippen MR) is 122 cm³/mol. The summed E-state index contributed by atoms with van der Waals surface area (Å²) in [5.74, 6) is 1.04. The number of nitrogens with one attached hydrogen (secondary N) is 7. The summed E-state index contributed by atoms with van der Waals surface area (Å²) in [7, 11) is 1.72. The molecule has 7 atom stereocenters. The zero-order chi connectivity index (χ0) is 23.0. The molecule has 2 amide bonds. The lowest BCUT2D eigenvalue weighted by atomic mass is 9.76. The Balaban J connectivity index is 1.04. The average molecular weight is 468 g/mol. The molecule has 33 heavy (non-hydrogen) atoms. The molecule has 4 rings (SSSR count). The Labute approximate surface area is 196 Å². The minimum atomic E-state index is -0.0450. The molecule has 0 aromatic carbocycles. The molecule has 0 aromatic rings. The van der Waals surface area contributed by atoms with E-state index in [1.165, 1.54) is 6.42 Å². The van der Waals surface area contributed by atoms with Crippen LogP contribution in [0.3, 0.4) is 0 Å². The van der Waals surface area contributed by atoms with E-state index < -0.39 is 0 Å². The predicted octanol–water partition coefficient (Wildman–Crippen LogP) is -0.622. The van der Waals surface area contributed by atoms with Crippen LogP contribution in [-0.2, 0) is 19.2 Å². The van der Waals surface area contributed by atoms with Gasteiger partial charge in [-0.05, 0) is 45.1 Å². The Bertz CT molecular complexity index is 646. The largest absolute Gasteiger partial charge is 0.367 e. The number of hydrogen-bond acceptors (Lipinski definition) is 9. The van der Waals surface area contributed by atoms with Gasteiger partial charge in [-0.15, -0.1) is 0 Å². The van der Waals surface area contributed by atoms with Crippen LogP contribution in [0.4, 0.5) is 0 Å². The molecule has 3 heterocycles. The fraction of sp³-hybridized carbons (Fsp3) is 0.909. The SMILES string of the molecule is COC1CCC(C2NC(CCC(=O)NCCCNC3NNC(=O)C4CCCCC34)NO2)CN1. The molecule has 4 fully saturated rings. The van der Waals surface area contributed by atoms with Crippen LogP contribution in [-0.4, -0.2) is 63.3 Å². The summed E-state index contributed by atoms with van der Waals surface area (Å²) in [6, 6.07) is 0. The van der Waals surface area contributed by atoms with Crippen molar-refractivity contribution in [3.05, 3.63) is 0 Å². The summed E-state index contributed by atoms with van der Waals surface area (Å²) in [5.41, 5.74) is 8.95. The number of ether oxygens (including phenoxy) is 1. The normalized spacial score (nSPS) is 36.8. The zero-order valence-corrected chi connectivity index (χ0v) is 19.7. The first kappa shape index (κ1) is 24.8. The minimum Gasteiger partial charge on any atom is -0.367 e. The van der Waals surface area contributed by atoms with Crippen LogP contribution in [0, 0.1) is 17.8 Å². The van der Waals surface area contributed by atoms with Crippen LogP contribution in [0.25, 0.3) is 0 Å². The highest BCUT2D eigenvalue weighted by molar-refractivity contribution is 5.79. The molecule has 1 aliphatic carbocycles. The summed E-state index contributed by atoms with van der Waals surface area (Å²) < 4.78 is 5.34. The van der Waals surface area contributed by atoms with Gasteiger partial charge in [-0.2, -0.15) is 5.48 Å². The maximum atomic E-state index is 12.2. The topological polar surface area (TPSA) is 137 Å². The highest BCUT2D eigenvalue weighted by Gasteiger charge is 2.39. The second-order valence-corrected chi connectivity index (χ2v) is 9.71. The quantitative estimate of drug-likeness (QED) is 0.210. The van der Waals surface area contributed by atoms with Gasteiger partial charge in [0.05, 0.1) is 12.3 Å². The summed E-state index contributed by atoms with van der Waals surface area (Å²) in [5, 5.41) is 13.3. The molecule has 1 saturated carbocycles. The lowest BCUT2D eigenvalue weighted by molar-refractivity contribution is -0.134. The number of carbonyl (C=O) groups is 2. The van der Waals surface area contributed by atoms with E-state index >= 15 is 0 Å². The zero-order valence-electron chi connectivity index (χ0n) is 19.7. The maximum absolute atomic E-state index is 12.2. The van der Waals surface area contributed by atoms with E-state index in [1.54, 1.807) is 7.11 Å². The number of rotatable bonds is 10. The number of piperidine rings is 1. The number of hydrazine groups is 1. The smallest absolute Gasteiger partial charge is 0.237 e. The van der Waals surface area contributed by atoms with Crippen LogP contribution in [0.5, 0.6) is 0 Å². The highest BCUT2D eigenvalue weighted by Crippen LogP contribution is 2.33. The second kappa shape index (κ2) is 12.4. The monoisotopic (exact) mass is 467 g/mol. The first-order valence-electron chi connectivity index (χ1n) is 12.6. The average Bonchev–Trinajstić information content (AvgIpc) is 3.33. The van der Waals surface area contributed by atoms with Crippen molar-refractivity contribution in [3.8, 4) is 0 Å². The number of hydroxylamine groups is 1. The summed E-state index contributed by atoms with van der Waals surface area (Å²) in [6.45, 7) is 2.28. The Morgan fingerprint density at radius 2 is 2.06 bits per heavy atom. The van der Waals surface area contributed by atoms with Crippen LogP contribution >= 0.6 is 0 Å². The van der Waals surface area contributed by atoms with E-state index in [1.807, 2.05) is 0 Å². The maximum Gasteiger partial charge on any atom is 0.237 e. The van der Waals surface area contributed by atoms with Gasteiger partial charge in [0.25, 0.3) is 0 Å². The first-order chi connectivity index (χ1) is 16.1. The van der Waals surface area contributed by atoms with Gasteiger partial charge in [-0.3, -0.25) is 30.5 Å². The van der Waals surface area contributed by atoms with Crippen molar-refractivity contribution in [2.75, 3.05) is 26.7 Å². The van der Waals surface area contributed by atoms with Crippen LogP contribution in [0.2, 0.25) is 0 Å². The van der Waals surface area contributed by atoms with Gasteiger partial charge in [0.2, 0.25) is 11.8 Å². The number of fused-ring (bicyclic) bond motifs is 1. The molecule has 3 aliphatic heterocycles. The van der Waals surface area contributed by atoms with Gasteiger partial charge in [0.1, 0.15) is 12.5 Å². The van der Waals surface area contributed by atoms with Gasteiger partial charge in [-0.1, -0.05) is 12.8 Å². The molecule has 7 N–H and O–H groups in total. The van der Waals surface area contributed by atoms with Crippen molar-refractivity contribution in [3.63, 3.8) is 0 Å². The Morgan fingerprint density at radius 1 is 1.18 bits per heavy atom. The molecule has 7 unspecified atom stereocenters. The Hall–Kier alpha value is -1.34. The van der Waals surface area contributed by atoms with Crippen LogP contribution in [0.1, 0.15) is 57.8 Å². The first-order valence-corrected chi connectivity index (χ1v) is 12.6. The molecule has 3 saturated heterocycles. The van der Waals surface area contributed by atoms with Crippen molar-refractivity contribution < 1.29 is 19.2 Å². The summed E-state index contributed by atoms with van der Waals surface area (Å²) in [6.07, 6.45) is 8.54. The second-order valence-electron chi connectivity index (χ2n) is 9.71. The molecular weight excluding hydrogens is 426 g/mol. The van der Waals surface area contributed by atoms with Crippen molar-refractivity contribution in [2.45, 2.75) is 82.6 Å². The molecule has 0 bridgehead atoms. The summed E-state index contributed by atoms with van der Waals surface area (Å²) in [4.78, 5) is 30.0. The van der Waals surface area contributed by atoms with Gasteiger partial charge in [0.15, 0.2) is 0 Å². The molecule has 188 valence electrons. The van der Waals surface area contributed by atoms with Crippen molar-refractivity contribution >= 4 is 11.8 Å². The third-order valence-corrected chi connectivity index (χ3v) is 7.46. The van der Waals surface area contributed by atoms with Gasteiger partial charge in [0, 0.05) is 44.4 Å². The van der Waals surface area contributed by atoms with E-state index in [-0.39, 0.29) is 42.5 Å². The fourth-order valence-corrected chi connectivity index (χ4v) is 5.48. The molecular formula is C22H41N7O4. The van der Waals surface area contributed by atoms with E-state index in [0.29, 0.717) is 31.2 Å². The molecule has 11 nitrogen and oxygen atoms in total. The number of amides is 2. The van der Waals surface area contributed by atoms with E-state index in [2.05, 4.69) is 37.6 Å². The lowest BCUT2D eigenvalue weighted by Gasteiger charge is -2.41. The fourth-order valence-electron chi connectivity index (χ4n) is 5.48. The number of hydrogen-bond donors (Lipinski definition) is 7.